The number of nitrogens with zero attached hydrogens (tertiary/aromatic N) is 1. The number of carboxylic acids is 1. The van der Waals surface area contributed by atoms with Crippen LogP contribution in [-0.4, -0.2) is 40.3 Å². The highest BCUT2D eigenvalue weighted by Gasteiger charge is 2.41. The number of pyridine rings is 1. The number of aromatic nitrogens is 1. The van der Waals surface area contributed by atoms with Gasteiger partial charge in [0.05, 0.1) is 42.2 Å². The van der Waals surface area contributed by atoms with Crippen molar-refractivity contribution in [3.63, 3.8) is 0 Å². The van der Waals surface area contributed by atoms with Crippen molar-refractivity contribution in [2.45, 2.75) is 43.9 Å². The molecule has 2 aliphatic rings. The van der Waals surface area contributed by atoms with Gasteiger partial charge in [0.15, 0.2) is 0 Å². The molecule has 0 spiro atoms. The molecule has 7 heteroatoms. The number of carboxylic acid groups (broad SMARTS) is 1. The number of aliphatic carboxylic acids is 1. The number of anilines is 1. The zero-order valence-corrected chi connectivity index (χ0v) is 11.4. The van der Waals surface area contributed by atoms with Gasteiger partial charge >= 0.3 is 12.0 Å². The molecule has 2 fully saturated rings. The Morgan fingerprint density at radius 1 is 1.38 bits per heavy atom. The van der Waals surface area contributed by atoms with Crippen LogP contribution in [0.15, 0.2) is 18.3 Å². The summed E-state index contributed by atoms with van der Waals surface area (Å²) < 4.78 is 5.68. The molecule has 3 heterocycles. The number of urea groups is 1. The maximum Gasteiger partial charge on any atom is 0.319 e. The van der Waals surface area contributed by atoms with E-state index in [9.17, 15) is 9.59 Å². The summed E-state index contributed by atoms with van der Waals surface area (Å²) in [5, 5.41) is 14.3. The quantitative estimate of drug-likeness (QED) is 0.772. The molecule has 21 heavy (non-hydrogen) atoms. The molecular formula is C14H17N3O4. The normalized spacial score (nSPS) is 26.6. The van der Waals surface area contributed by atoms with E-state index in [4.69, 9.17) is 9.84 Å². The third-order valence-electron chi connectivity index (χ3n) is 3.84. The first-order valence-corrected chi connectivity index (χ1v) is 7.00. The van der Waals surface area contributed by atoms with Gasteiger partial charge in [-0.2, -0.15) is 0 Å². The number of ether oxygens (including phenoxy) is 1. The first kappa shape index (κ1) is 13.8. The van der Waals surface area contributed by atoms with Crippen LogP contribution in [-0.2, 0) is 16.0 Å². The molecule has 2 aliphatic heterocycles. The predicted octanol–water partition coefficient (Wildman–Crippen LogP) is 1.15. The lowest BCUT2D eigenvalue weighted by atomic mass is 9.96. The second-order valence-corrected chi connectivity index (χ2v) is 5.42. The fraction of sp³-hybridized carbons (Fsp3) is 0.500. The van der Waals surface area contributed by atoms with E-state index in [2.05, 4.69) is 15.6 Å². The number of hydrogen-bond acceptors (Lipinski definition) is 4. The van der Waals surface area contributed by atoms with Crippen LogP contribution in [0.2, 0.25) is 0 Å². The average Bonchev–Trinajstić information content (AvgIpc) is 3.02. The topological polar surface area (TPSA) is 101 Å². The Labute approximate surface area is 121 Å². The molecule has 3 rings (SSSR count). The van der Waals surface area contributed by atoms with Crippen molar-refractivity contribution in [2.24, 2.45) is 0 Å². The molecule has 1 aromatic rings. The zero-order valence-electron chi connectivity index (χ0n) is 11.4. The summed E-state index contributed by atoms with van der Waals surface area (Å²) in [6, 6.07) is 3.01. The first-order chi connectivity index (χ1) is 10.1. The Balaban J connectivity index is 1.51. The van der Waals surface area contributed by atoms with E-state index >= 15 is 0 Å². The summed E-state index contributed by atoms with van der Waals surface area (Å²) in [5.41, 5.74) is 0.987. The third kappa shape index (κ3) is 3.30. The van der Waals surface area contributed by atoms with Crippen molar-refractivity contribution >= 4 is 17.7 Å². The minimum absolute atomic E-state index is 0.0722. The molecule has 2 bridgehead atoms. The van der Waals surface area contributed by atoms with Crippen LogP contribution >= 0.6 is 0 Å². The van der Waals surface area contributed by atoms with E-state index in [1.807, 2.05) is 0 Å². The SMILES string of the molecule is O=C(O)Cc1ccc(NC(=O)NC2CC3CCC2O3)cn1. The van der Waals surface area contributed by atoms with Gasteiger partial charge in [0.1, 0.15) is 0 Å². The lowest BCUT2D eigenvalue weighted by Crippen LogP contribution is -2.43. The molecule has 112 valence electrons. The van der Waals surface area contributed by atoms with Crippen LogP contribution < -0.4 is 10.6 Å². The predicted molar refractivity (Wildman–Crippen MR) is 74.0 cm³/mol. The number of carbonyl (C=O) groups excluding carboxylic acids is 1. The monoisotopic (exact) mass is 291 g/mol. The second kappa shape index (κ2) is 5.69. The highest BCUT2D eigenvalue weighted by atomic mass is 16.5. The van der Waals surface area contributed by atoms with Crippen molar-refractivity contribution < 1.29 is 19.4 Å². The van der Waals surface area contributed by atoms with E-state index in [0.717, 1.165) is 19.3 Å². The van der Waals surface area contributed by atoms with Gasteiger partial charge in [-0.1, -0.05) is 0 Å². The van der Waals surface area contributed by atoms with Crippen LogP contribution in [0, 0.1) is 0 Å². The molecule has 0 saturated carbocycles. The molecule has 0 aliphatic carbocycles. The maximum atomic E-state index is 11.9. The number of rotatable bonds is 4. The summed E-state index contributed by atoms with van der Waals surface area (Å²) in [7, 11) is 0. The first-order valence-electron chi connectivity index (χ1n) is 7.00. The standard InChI is InChI=1S/C14H17N3O4/c18-13(19)5-8-1-2-9(7-15-8)16-14(20)17-11-6-10-3-4-12(11)21-10/h1-2,7,10-12H,3-6H2,(H,18,19)(H2,16,17,20). The molecule has 7 nitrogen and oxygen atoms in total. The summed E-state index contributed by atoms with van der Waals surface area (Å²) >= 11 is 0. The number of amides is 2. The molecule has 2 saturated heterocycles. The molecule has 0 radical (unpaired) electrons. The summed E-state index contributed by atoms with van der Waals surface area (Å²) in [6.45, 7) is 0. The van der Waals surface area contributed by atoms with Crippen LogP contribution in [0.4, 0.5) is 10.5 Å². The Morgan fingerprint density at radius 2 is 2.24 bits per heavy atom. The van der Waals surface area contributed by atoms with Gasteiger partial charge in [-0.25, -0.2) is 4.79 Å². The second-order valence-electron chi connectivity index (χ2n) is 5.42. The lowest BCUT2D eigenvalue weighted by molar-refractivity contribution is -0.136. The molecule has 3 unspecified atom stereocenters. The highest BCUT2D eigenvalue weighted by molar-refractivity contribution is 5.89. The van der Waals surface area contributed by atoms with Crippen molar-refractivity contribution in [2.75, 3.05) is 5.32 Å². The Bertz CT molecular complexity index is 546. The van der Waals surface area contributed by atoms with Crippen molar-refractivity contribution in [1.29, 1.82) is 0 Å². The van der Waals surface area contributed by atoms with Crippen LogP contribution in [0.25, 0.3) is 0 Å². The van der Waals surface area contributed by atoms with Crippen molar-refractivity contribution in [3.05, 3.63) is 24.0 Å². The summed E-state index contributed by atoms with van der Waals surface area (Å²) in [6.07, 6.45) is 4.70. The van der Waals surface area contributed by atoms with Gasteiger partial charge in [0.2, 0.25) is 0 Å². The summed E-state index contributed by atoms with van der Waals surface area (Å²) in [5.74, 6) is -0.933. The molecule has 3 N–H and O–H groups in total. The molecular weight excluding hydrogens is 274 g/mol. The third-order valence-corrected chi connectivity index (χ3v) is 3.84. The molecule has 3 atom stereocenters. The van der Waals surface area contributed by atoms with Crippen LogP contribution in [0.1, 0.15) is 25.0 Å². The largest absolute Gasteiger partial charge is 0.481 e. The van der Waals surface area contributed by atoms with Crippen molar-refractivity contribution in [1.82, 2.24) is 10.3 Å². The smallest absolute Gasteiger partial charge is 0.319 e. The van der Waals surface area contributed by atoms with Gasteiger partial charge < -0.3 is 20.5 Å². The van der Waals surface area contributed by atoms with Crippen LogP contribution in [0.3, 0.4) is 0 Å². The van der Waals surface area contributed by atoms with E-state index in [1.54, 1.807) is 12.1 Å². The Hall–Kier alpha value is -2.15. The van der Waals surface area contributed by atoms with Gasteiger partial charge in [0, 0.05) is 0 Å². The van der Waals surface area contributed by atoms with E-state index in [0.29, 0.717) is 11.4 Å². The minimum atomic E-state index is -0.933. The zero-order chi connectivity index (χ0) is 14.8. The van der Waals surface area contributed by atoms with E-state index in [1.165, 1.54) is 6.20 Å². The van der Waals surface area contributed by atoms with Gasteiger partial charge in [-0.3, -0.25) is 9.78 Å². The number of carbonyl (C=O) groups is 2. The average molecular weight is 291 g/mol. The fourth-order valence-corrected chi connectivity index (χ4v) is 2.88. The Morgan fingerprint density at radius 3 is 2.81 bits per heavy atom. The number of fused-ring (bicyclic) bond motifs is 2. The summed E-state index contributed by atoms with van der Waals surface area (Å²) in [4.78, 5) is 26.5. The number of nitrogens with one attached hydrogen (secondary N) is 2. The Kier molecular flexibility index (Phi) is 3.74. The number of hydrogen-bond donors (Lipinski definition) is 3. The lowest BCUT2D eigenvalue weighted by Gasteiger charge is -2.20. The molecule has 0 aromatic carbocycles. The van der Waals surface area contributed by atoms with Gasteiger partial charge in [-0.05, 0) is 31.4 Å². The van der Waals surface area contributed by atoms with Gasteiger partial charge in [-0.15, -0.1) is 0 Å². The van der Waals surface area contributed by atoms with E-state index in [-0.39, 0.29) is 30.7 Å². The maximum absolute atomic E-state index is 11.9. The molecule has 2 amide bonds. The van der Waals surface area contributed by atoms with Crippen LogP contribution in [0.5, 0.6) is 0 Å². The fourth-order valence-electron chi connectivity index (χ4n) is 2.88. The minimum Gasteiger partial charge on any atom is -0.481 e. The van der Waals surface area contributed by atoms with Gasteiger partial charge in [0.25, 0.3) is 0 Å². The molecule has 1 aromatic heterocycles. The van der Waals surface area contributed by atoms with E-state index < -0.39 is 5.97 Å². The van der Waals surface area contributed by atoms with Crippen molar-refractivity contribution in [3.8, 4) is 0 Å². The highest BCUT2D eigenvalue weighted by Crippen LogP contribution is 2.34.